The summed E-state index contributed by atoms with van der Waals surface area (Å²) in [4.78, 5) is 28.6. The Hall–Kier alpha value is -2.62. The van der Waals surface area contributed by atoms with Gasteiger partial charge < -0.3 is 34.1 Å². The molecule has 1 aromatic heterocycles. The highest BCUT2D eigenvalue weighted by atomic mass is 16.7. The number of rotatable bonds is 7. The molecule has 0 bridgehead atoms. The summed E-state index contributed by atoms with van der Waals surface area (Å²) in [5.41, 5.74) is 1.18. The number of carbonyl (C=O) groups is 2. The fourth-order valence-electron chi connectivity index (χ4n) is 3.11. The van der Waals surface area contributed by atoms with Crippen molar-refractivity contribution in [1.29, 1.82) is 0 Å². The van der Waals surface area contributed by atoms with Gasteiger partial charge in [0.15, 0.2) is 6.54 Å². The molecule has 2 aromatic rings. The van der Waals surface area contributed by atoms with Crippen LogP contribution in [0.2, 0.25) is 0 Å². The molecule has 0 radical (unpaired) electrons. The number of H-pyrrole nitrogens is 1. The Morgan fingerprint density at radius 1 is 1.30 bits per heavy atom. The van der Waals surface area contributed by atoms with Crippen molar-refractivity contribution in [3.63, 3.8) is 0 Å². The molecule has 2 heterocycles. The number of quaternary nitrogens is 1. The summed E-state index contributed by atoms with van der Waals surface area (Å²) < 4.78 is 21.0. The smallest absolute Gasteiger partial charge is 0.356 e. The number of amides is 1. The Morgan fingerprint density at radius 3 is 2.70 bits per heavy atom. The molecule has 0 saturated carbocycles. The third-order valence-corrected chi connectivity index (χ3v) is 4.33. The summed E-state index contributed by atoms with van der Waals surface area (Å²) >= 11 is 0. The summed E-state index contributed by atoms with van der Waals surface area (Å²) in [6, 6.07) is 5.36. The molecule has 0 aliphatic carbocycles. The average molecular weight is 378 g/mol. The molecular weight excluding hydrogens is 354 g/mol. The van der Waals surface area contributed by atoms with Gasteiger partial charge in [-0.2, -0.15) is 0 Å². The SMILES string of the molecule is COC(=O)c1[nH]c2cccc(OC)c2c1NC(=O)C[NH+](C)CC1OCCO1. The number of ether oxygens (including phenoxy) is 4. The Balaban J connectivity index is 1.81. The van der Waals surface area contributed by atoms with E-state index in [1.54, 1.807) is 18.2 Å². The fourth-order valence-corrected chi connectivity index (χ4v) is 3.11. The maximum atomic E-state index is 12.6. The summed E-state index contributed by atoms with van der Waals surface area (Å²) in [7, 11) is 4.70. The van der Waals surface area contributed by atoms with Gasteiger partial charge in [-0.1, -0.05) is 6.07 Å². The van der Waals surface area contributed by atoms with Crippen molar-refractivity contribution < 1.29 is 33.4 Å². The lowest BCUT2D eigenvalue weighted by Crippen LogP contribution is -3.11. The molecule has 3 rings (SSSR count). The number of hydrogen-bond donors (Lipinski definition) is 3. The maximum absolute atomic E-state index is 12.6. The van der Waals surface area contributed by atoms with Crippen LogP contribution in [0.25, 0.3) is 10.9 Å². The maximum Gasteiger partial charge on any atom is 0.356 e. The van der Waals surface area contributed by atoms with E-state index in [0.29, 0.717) is 42.1 Å². The van der Waals surface area contributed by atoms with Gasteiger partial charge in [0, 0.05) is 0 Å². The number of hydrogen-bond acceptors (Lipinski definition) is 6. The quantitative estimate of drug-likeness (QED) is 0.576. The van der Waals surface area contributed by atoms with Crippen LogP contribution in [0, 0.1) is 0 Å². The molecule has 1 amide bonds. The van der Waals surface area contributed by atoms with Crippen LogP contribution in [-0.4, -0.2) is 70.7 Å². The van der Waals surface area contributed by atoms with Gasteiger partial charge in [-0.05, 0) is 12.1 Å². The summed E-state index contributed by atoms with van der Waals surface area (Å²) in [5, 5.41) is 3.45. The zero-order chi connectivity index (χ0) is 19.4. The number of carbonyl (C=O) groups excluding carboxylic acids is 2. The third-order valence-electron chi connectivity index (χ3n) is 4.33. The minimum atomic E-state index is -0.572. The van der Waals surface area contributed by atoms with Crippen LogP contribution in [0.5, 0.6) is 5.75 Å². The largest absolute Gasteiger partial charge is 0.496 e. The summed E-state index contributed by atoms with van der Waals surface area (Å²) in [5.74, 6) is -0.276. The van der Waals surface area contributed by atoms with E-state index in [1.807, 2.05) is 7.05 Å². The van der Waals surface area contributed by atoms with Crippen LogP contribution < -0.4 is 15.0 Å². The van der Waals surface area contributed by atoms with E-state index in [4.69, 9.17) is 18.9 Å². The van der Waals surface area contributed by atoms with Crippen LogP contribution >= 0.6 is 0 Å². The lowest BCUT2D eigenvalue weighted by atomic mass is 10.2. The van der Waals surface area contributed by atoms with Crippen molar-refractivity contribution in [2.45, 2.75) is 6.29 Å². The first-order valence-corrected chi connectivity index (χ1v) is 8.64. The summed E-state index contributed by atoms with van der Waals surface area (Å²) in [6.07, 6.45) is -0.295. The molecule has 1 saturated heterocycles. The van der Waals surface area contributed by atoms with Crippen molar-refractivity contribution in [2.75, 3.05) is 52.9 Å². The lowest BCUT2D eigenvalue weighted by molar-refractivity contribution is -0.877. The Morgan fingerprint density at radius 2 is 2.04 bits per heavy atom. The highest BCUT2D eigenvalue weighted by molar-refractivity contribution is 6.13. The van der Waals surface area contributed by atoms with Crippen LogP contribution in [0.3, 0.4) is 0 Å². The van der Waals surface area contributed by atoms with E-state index in [-0.39, 0.29) is 24.4 Å². The zero-order valence-corrected chi connectivity index (χ0v) is 15.6. The number of aromatic nitrogens is 1. The first kappa shape index (κ1) is 19.2. The number of benzene rings is 1. The zero-order valence-electron chi connectivity index (χ0n) is 15.6. The van der Waals surface area contributed by atoms with Crippen LogP contribution in [0.15, 0.2) is 18.2 Å². The van der Waals surface area contributed by atoms with Crippen LogP contribution in [-0.2, 0) is 19.0 Å². The third kappa shape index (κ3) is 4.21. The minimum Gasteiger partial charge on any atom is -0.496 e. The number of esters is 1. The molecule has 9 nitrogen and oxygen atoms in total. The van der Waals surface area contributed by atoms with Crippen molar-refractivity contribution >= 4 is 28.5 Å². The van der Waals surface area contributed by atoms with Crippen molar-refractivity contribution in [2.24, 2.45) is 0 Å². The van der Waals surface area contributed by atoms with E-state index in [9.17, 15) is 9.59 Å². The van der Waals surface area contributed by atoms with Crippen molar-refractivity contribution in [1.82, 2.24) is 4.98 Å². The highest BCUT2D eigenvalue weighted by Gasteiger charge is 2.25. The van der Waals surface area contributed by atoms with Gasteiger partial charge in [-0.25, -0.2) is 4.79 Å². The Labute approximate surface area is 156 Å². The first-order valence-electron chi connectivity index (χ1n) is 8.64. The molecule has 1 unspecified atom stereocenters. The number of methoxy groups -OCH3 is 2. The molecule has 3 N–H and O–H groups in total. The molecule has 1 aliphatic rings. The molecule has 1 aliphatic heterocycles. The second-order valence-corrected chi connectivity index (χ2v) is 6.31. The van der Waals surface area contributed by atoms with Gasteiger partial charge >= 0.3 is 5.97 Å². The van der Waals surface area contributed by atoms with Crippen LogP contribution in [0.4, 0.5) is 5.69 Å². The minimum absolute atomic E-state index is 0.172. The Bertz CT molecular complexity index is 828. The van der Waals surface area contributed by atoms with Crippen molar-refractivity contribution in [3.8, 4) is 5.75 Å². The van der Waals surface area contributed by atoms with Gasteiger partial charge in [0.2, 0.25) is 6.29 Å². The van der Waals surface area contributed by atoms with E-state index in [2.05, 4.69) is 10.3 Å². The normalized spacial score (nSPS) is 15.7. The molecule has 1 fully saturated rings. The number of anilines is 1. The monoisotopic (exact) mass is 378 g/mol. The second kappa shape index (κ2) is 8.38. The second-order valence-electron chi connectivity index (χ2n) is 6.31. The average Bonchev–Trinajstić information content (AvgIpc) is 3.28. The summed E-state index contributed by atoms with van der Waals surface area (Å²) in [6.45, 7) is 1.88. The standard InChI is InChI=1S/C18H23N3O6/c1-21(10-14-26-7-8-27-14)9-13(22)20-16-15-11(5-4-6-12(15)24-2)19-17(16)18(23)25-3/h4-6,14,19H,7-10H2,1-3H3,(H,20,22)/p+1. The molecular formula is C18H24N3O6+. The van der Waals surface area contributed by atoms with E-state index in [0.717, 1.165) is 4.90 Å². The number of likely N-dealkylation sites (N-methyl/N-ethyl adjacent to an activating group) is 1. The van der Waals surface area contributed by atoms with Crippen molar-refractivity contribution in [3.05, 3.63) is 23.9 Å². The molecule has 0 spiro atoms. The van der Waals surface area contributed by atoms with Gasteiger partial charge in [-0.15, -0.1) is 0 Å². The number of nitrogens with one attached hydrogen (secondary N) is 3. The van der Waals surface area contributed by atoms with Gasteiger partial charge in [0.25, 0.3) is 5.91 Å². The molecule has 146 valence electrons. The van der Waals surface area contributed by atoms with E-state index < -0.39 is 5.97 Å². The fraction of sp³-hybridized carbons (Fsp3) is 0.444. The number of aromatic amines is 1. The molecule has 27 heavy (non-hydrogen) atoms. The molecule has 1 atom stereocenters. The first-order chi connectivity index (χ1) is 13.0. The van der Waals surface area contributed by atoms with Gasteiger partial charge in [-0.3, -0.25) is 4.79 Å². The van der Waals surface area contributed by atoms with E-state index in [1.165, 1.54) is 14.2 Å². The van der Waals surface area contributed by atoms with Gasteiger partial charge in [0.05, 0.1) is 51.1 Å². The van der Waals surface area contributed by atoms with Crippen LogP contribution in [0.1, 0.15) is 10.5 Å². The highest BCUT2D eigenvalue weighted by Crippen LogP contribution is 2.35. The number of fused-ring (bicyclic) bond motifs is 1. The topological polar surface area (TPSA) is 103 Å². The molecule has 1 aromatic carbocycles. The predicted octanol–water partition coefficient (Wildman–Crippen LogP) is -0.211. The molecule has 9 heteroatoms. The predicted molar refractivity (Wildman–Crippen MR) is 97.1 cm³/mol. The lowest BCUT2D eigenvalue weighted by Gasteiger charge is -2.17. The van der Waals surface area contributed by atoms with Gasteiger partial charge in [0.1, 0.15) is 18.0 Å². The Kier molecular flexibility index (Phi) is 5.94. The van der Waals surface area contributed by atoms with E-state index >= 15 is 0 Å².